The molecule has 0 spiro atoms. The van der Waals surface area contributed by atoms with E-state index >= 15 is 0 Å². The minimum atomic E-state index is 0.240. The number of aromatic nitrogens is 1. The molecular formula is C15H17BrN4O3. The van der Waals surface area contributed by atoms with Gasteiger partial charge >= 0.3 is 0 Å². The van der Waals surface area contributed by atoms with Crippen molar-refractivity contribution in [3.8, 4) is 17.4 Å². The number of pyridine rings is 1. The minimum Gasteiger partial charge on any atom is -0.493 e. The zero-order chi connectivity index (χ0) is 17.1. The fraction of sp³-hybridized carbons (Fsp3) is 0.200. The number of fused-ring (bicyclic) bond motifs is 2. The van der Waals surface area contributed by atoms with Gasteiger partial charge < -0.3 is 31.5 Å². The van der Waals surface area contributed by atoms with Crippen molar-refractivity contribution < 1.29 is 14.3 Å². The van der Waals surface area contributed by atoms with Crippen LogP contribution in [0.2, 0.25) is 0 Å². The number of carbonyl (C=O) groups excluding carboxylic acids is 1. The first kappa shape index (κ1) is 17.0. The van der Waals surface area contributed by atoms with E-state index in [2.05, 4.69) is 20.9 Å². The quantitative estimate of drug-likeness (QED) is 0.620. The van der Waals surface area contributed by atoms with Crippen LogP contribution in [0.5, 0.6) is 17.4 Å². The van der Waals surface area contributed by atoms with Gasteiger partial charge in [-0.15, -0.1) is 0 Å². The van der Waals surface area contributed by atoms with Crippen LogP contribution in [0.25, 0.3) is 0 Å². The number of anilines is 2. The fourth-order valence-electron chi connectivity index (χ4n) is 2.44. The molecule has 3 rings (SSSR count). The van der Waals surface area contributed by atoms with E-state index in [-0.39, 0.29) is 6.54 Å². The molecule has 0 atom stereocenters. The first-order valence-electron chi connectivity index (χ1n) is 6.65. The average molecular weight is 381 g/mol. The second-order valence-corrected chi connectivity index (χ2v) is 5.57. The number of benzene rings is 1. The van der Waals surface area contributed by atoms with Gasteiger partial charge in [-0.1, -0.05) is 15.9 Å². The van der Waals surface area contributed by atoms with E-state index in [4.69, 9.17) is 31.5 Å². The van der Waals surface area contributed by atoms with E-state index < -0.39 is 0 Å². The summed E-state index contributed by atoms with van der Waals surface area (Å²) in [4.78, 5) is 12.3. The number of rotatable bonds is 2. The summed E-state index contributed by atoms with van der Waals surface area (Å²) in [6.07, 6.45) is 0.578. The number of ether oxygens (including phenoxy) is 2. The molecule has 7 nitrogen and oxygen atoms in total. The van der Waals surface area contributed by atoms with E-state index in [1.165, 1.54) is 0 Å². The van der Waals surface area contributed by atoms with E-state index in [1.807, 2.05) is 18.9 Å². The van der Waals surface area contributed by atoms with E-state index in [0.29, 0.717) is 40.9 Å². The summed E-state index contributed by atoms with van der Waals surface area (Å²) in [5.41, 5.74) is 20.7. The summed E-state index contributed by atoms with van der Waals surface area (Å²) in [7, 11) is 1.59. The van der Waals surface area contributed by atoms with Gasteiger partial charge in [-0.25, -0.2) is 0 Å². The van der Waals surface area contributed by atoms with Gasteiger partial charge in [-0.3, -0.25) is 0 Å². The van der Waals surface area contributed by atoms with Crippen LogP contribution in [0.3, 0.4) is 0 Å². The third-order valence-electron chi connectivity index (χ3n) is 3.58. The Morgan fingerprint density at radius 2 is 2.04 bits per heavy atom. The molecule has 1 aliphatic rings. The molecule has 0 fully saturated rings. The Kier molecular flexibility index (Phi) is 5.07. The molecular weight excluding hydrogens is 364 g/mol. The van der Waals surface area contributed by atoms with Crippen molar-refractivity contribution >= 4 is 34.2 Å². The summed E-state index contributed by atoms with van der Waals surface area (Å²) < 4.78 is 12.1. The maximum Gasteiger partial charge on any atom is 0.227 e. The third kappa shape index (κ3) is 2.82. The molecule has 1 aliphatic heterocycles. The lowest BCUT2D eigenvalue weighted by molar-refractivity contribution is -0.0979. The number of halogens is 1. The molecule has 23 heavy (non-hydrogen) atoms. The van der Waals surface area contributed by atoms with Crippen LogP contribution in [-0.4, -0.2) is 18.9 Å². The zero-order valence-corrected chi connectivity index (χ0v) is 14.1. The molecule has 0 bridgehead atoms. The second-order valence-electron chi connectivity index (χ2n) is 4.71. The van der Waals surface area contributed by atoms with Crippen molar-refractivity contribution in [2.75, 3.05) is 18.6 Å². The van der Waals surface area contributed by atoms with Crippen molar-refractivity contribution in [3.63, 3.8) is 0 Å². The Bertz CT molecular complexity index is 752. The lowest BCUT2D eigenvalue weighted by Crippen LogP contribution is -2.15. The Balaban J connectivity index is 0.000000924. The van der Waals surface area contributed by atoms with Gasteiger partial charge in [0.05, 0.1) is 7.11 Å². The van der Waals surface area contributed by atoms with Crippen LogP contribution in [0.4, 0.5) is 11.5 Å². The van der Waals surface area contributed by atoms with Crippen LogP contribution in [0.1, 0.15) is 16.7 Å². The van der Waals surface area contributed by atoms with Crippen LogP contribution in [0.15, 0.2) is 16.6 Å². The maximum absolute atomic E-state index is 8.00. The molecule has 0 radical (unpaired) electrons. The minimum absolute atomic E-state index is 0.240. The highest BCUT2D eigenvalue weighted by Crippen LogP contribution is 2.47. The van der Waals surface area contributed by atoms with Gasteiger partial charge in [0.1, 0.15) is 12.6 Å². The lowest BCUT2D eigenvalue weighted by atomic mass is 9.98. The normalized spacial score (nSPS) is 11.4. The molecule has 6 N–H and O–H groups in total. The molecule has 0 saturated heterocycles. The van der Waals surface area contributed by atoms with Gasteiger partial charge in [0.25, 0.3) is 0 Å². The first-order chi connectivity index (χ1) is 11.1. The Labute approximate surface area is 141 Å². The van der Waals surface area contributed by atoms with Crippen molar-refractivity contribution in [2.24, 2.45) is 5.73 Å². The van der Waals surface area contributed by atoms with Crippen LogP contribution in [0, 0.1) is 0 Å². The highest BCUT2D eigenvalue weighted by Gasteiger charge is 2.27. The summed E-state index contributed by atoms with van der Waals surface area (Å²) in [6.45, 7) is 2.24. The molecule has 1 aromatic carbocycles. The highest BCUT2D eigenvalue weighted by molar-refractivity contribution is 9.10. The second kappa shape index (κ2) is 6.84. The zero-order valence-electron chi connectivity index (χ0n) is 12.6. The van der Waals surface area contributed by atoms with Gasteiger partial charge in [0, 0.05) is 39.8 Å². The molecule has 0 saturated carbocycles. The number of carbonyl (C=O) groups is 1. The molecule has 8 heteroatoms. The molecule has 0 unspecified atom stereocenters. The van der Waals surface area contributed by atoms with E-state index in [1.54, 1.807) is 7.11 Å². The molecule has 0 aliphatic carbocycles. The Morgan fingerprint density at radius 3 is 2.65 bits per heavy atom. The highest BCUT2D eigenvalue weighted by atomic mass is 79.9. The SMILES string of the molecule is C=O.COc1ccc(Br)c2c1Oc1nc(N)c(CN)c(N)c1C2. The standard InChI is InChI=1S/C14H15BrN4O2.CH2O/c1-20-10-3-2-9(15)6-4-7-11(17)8(5-16)13(18)19-14(7)21-12(6)10;1-2/h2-3H,4-5,16H2,1H3,(H4,17,18,19);1H2. The van der Waals surface area contributed by atoms with Crippen molar-refractivity contribution in [3.05, 3.63) is 33.3 Å². The van der Waals surface area contributed by atoms with E-state index in [9.17, 15) is 0 Å². The number of nitrogens with two attached hydrogens (primary N) is 3. The molecule has 1 aromatic heterocycles. The maximum atomic E-state index is 8.00. The largest absolute Gasteiger partial charge is 0.493 e. The number of methoxy groups -OCH3 is 1. The topological polar surface area (TPSA) is 126 Å². The predicted octanol–water partition coefficient (Wildman–Crippen LogP) is 1.99. The lowest BCUT2D eigenvalue weighted by Gasteiger charge is -2.24. The summed E-state index contributed by atoms with van der Waals surface area (Å²) in [5, 5.41) is 0. The van der Waals surface area contributed by atoms with Crippen LogP contribution < -0.4 is 26.7 Å². The van der Waals surface area contributed by atoms with Crippen LogP contribution >= 0.6 is 15.9 Å². The van der Waals surface area contributed by atoms with Gasteiger partial charge in [-0.2, -0.15) is 4.98 Å². The van der Waals surface area contributed by atoms with Gasteiger partial charge in [-0.05, 0) is 12.1 Å². The first-order valence-corrected chi connectivity index (χ1v) is 7.45. The molecule has 122 valence electrons. The summed E-state index contributed by atoms with van der Waals surface area (Å²) >= 11 is 3.53. The number of nitrogens with zero attached hydrogens (tertiary/aromatic N) is 1. The van der Waals surface area contributed by atoms with Crippen molar-refractivity contribution in [2.45, 2.75) is 13.0 Å². The molecule has 2 heterocycles. The van der Waals surface area contributed by atoms with Crippen molar-refractivity contribution in [1.82, 2.24) is 4.98 Å². The predicted molar refractivity (Wildman–Crippen MR) is 91.6 cm³/mol. The fourth-order valence-corrected chi connectivity index (χ4v) is 2.89. The number of hydrogen-bond donors (Lipinski definition) is 3. The number of nitrogen functional groups attached to an aromatic ring is 2. The number of hydrogen-bond acceptors (Lipinski definition) is 7. The molecule has 0 amide bonds. The smallest absolute Gasteiger partial charge is 0.227 e. The Hall–Kier alpha value is -2.32. The molecule has 2 aromatic rings. The third-order valence-corrected chi connectivity index (χ3v) is 4.33. The van der Waals surface area contributed by atoms with E-state index in [0.717, 1.165) is 15.6 Å². The monoisotopic (exact) mass is 380 g/mol. The van der Waals surface area contributed by atoms with Gasteiger partial charge in [0.15, 0.2) is 11.5 Å². The van der Waals surface area contributed by atoms with Crippen LogP contribution in [-0.2, 0) is 17.8 Å². The summed E-state index contributed by atoms with van der Waals surface area (Å²) in [6, 6.07) is 3.74. The average Bonchev–Trinajstić information content (AvgIpc) is 2.56. The Morgan fingerprint density at radius 1 is 1.35 bits per heavy atom. The summed E-state index contributed by atoms with van der Waals surface area (Å²) in [5.74, 6) is 1.98. The van der Waals surface area contributed by atoms with Crippen molar-refractivity contribution in [1.29, 1.82) is 0 Å². The van der Waals surface area contributed by atoms with Gasteiger partial charge in [0.2, 0.25) is 5.88 Å².